The van der Waals surface area contributed by atoms with Crippen LogP contribution in [0.15, 0.2) is 182 Å². The minimum atomic E-state index is 0. The SMILES string of the molecule is Cc1ccnc(-c2[c-]cc(C)c(-c3cc(-c4cc(C)nc(C)c4)cc(-c4cc5ncccc5c5ccccc45)c3)c2)c1.[Ir].[c-]1cccc(-c2ccccc2)c1-c1ccccn1. The summed E-state index contributed by atoms with van der Waals surface area (Å²) in [6, 6.07) is 63.8. The van der Waals surface area contributed by atoms with Crippen molar-refractivity contribution >= 4 is 21.7 Å². The molecule has 0 unspecified atom stereocenters. The molecule has 4 heterocycles. The van der Waals surface area contributed by atoms with Crippen LogP contribution >= 0.6 is 0 Å². The Bertz CT molecular complexity index is 3060. The van der Waals surface area contributed by atoms with Gasteiger partial charge in [0, 0.05) is 55.5 Å². The maximum atomic E-state index is 4.75. The molecule has 4 nitrogen and oxygen atoms in total. The van der Waals surface area contributed by atoms with E-state index < -0.39 is 0 Å². The van der Waals surface area contributed by atoms with Crippen molar-refractivity contribution in [2.75, 3.05) is 0 Å². The third kappa shape index (κ3) is 8.86. The van der Waals surface area contributed by atoms with E-state index in [1.807, 2.05) is 79.3 Å². The van der Waals surface area contributed by atoms with Gasteiger partial charge in [0.05, 0.1) is 5.52 Å². The van der Waals surface area contributed by atoms with Crippen LogP contribution in [0.5, 0.6) is 0 Å². The molecule has 297 valence electrons. The standard InChI is InChI=1S/C39H30N3.C17H12N.Ir/c1-24-13-15-41-38(16-24)28-12-11-25(2)36(22-28)31-19-30(29-17-26(3)42-27(4)18-29)20-32(21-31)37-23-39-35(10-7-14-40-39)33-8-5-6-9-34(33)37;1-2-8-14(9-3-1)15-10-4-5-11-16(15)17-12-6-7-13-18-17;/h5-11,13-23H,1-4H3;1-10,12-13H;/q2*-1;. The molecule has 4 aromatic heterocycles. The summed E-state index contributed by atoms with van der Waals surface area (Å²) in [5, 5.41) is 3.59. The zero-order valence-electron chi connectivity index (χ0n) is 34.4. The van der Waals surface area contributed by atoms with Crippen molar-refractivity contribution in [1.29, 1.82) is 0 Å². The maximum absolute atomic E-state index is 4.75. The van der Waals surface area contributed by atoms with Gasteiger partial charge in [-0.15, -0.1) is 59.2 Å². The number of aromatic nitrogens is 4. The van der Waals surface area contributed by atoms with Crippen LogP contribution in [0.25, 0.3) is 88.7 Å². The molecule has 0 aliphatic heterocycles. The Hall–Kier alpha value is -6.91. The molecule has 0 atom stereocenters. The van der Waals surface area contributed by atoms with Gasteiger partial charge in [-0.25, -0.2) is 0 Å². The third-order valence-corrected chi connectivity index (χ3v) is 10.8. The minimum Gasteiger partial charge on any atom is -0.305 e. The Morgan fingerprint density at radius 3 is 1.87 bits per heavy atom. The van der Waals surface area contributed by atoms with E-state index in [0.717, 1.165) is 67.2 Å². The van der Waals surface area contributed by atoms with Gasteiger partial charge in [0.2, 0.25) is 0 Å². The minimum absolute atomic E-state index is 0. The maximum Gasteiger partial charge on any atom is 0.0714 e. The van der Waals surface area contributed by atoms with E-state index in [0.29, 0.717) is 0 Å². The molecule has 61 heavy (non-hydrogen) atoms. The van der Waals surface area contributed by atoms with Crippen molar-refractivity contribution in [3.8, 4) is 67.0 Å². The van der Waals surface area contributed by atoms with Gasteiger partial charge in [-0.3, -0.25) is 9.97 Å². The second-order valence-electron chi connectivity index (χ2n) is 15.2. The Morgan fingerprint density at radius 2 is 1.10 bits per heavy atom. The summed E-state index contributed by atoms with van der Waals surface area (Å²) in [5.41, 5.74) is 18.6. The Morgan fingerprint density at radius 1 is 0.426 bits per heavy atom. The van der Waals surface area contributed by atoms with Crippen molar-refractivity contribution in [2.45, 2.75) is 27.7 Å². The van der Waals surface area contributed by atoms with Gasteiger partial charge in [0.1, 0.15) is 0 Å². The molecular formula is C56H42IrN4-2. The zero-order valence-corrected chi connectivity index (χ0v) is 36.8. The first-order chi connectivity index (χ1) is 29.4. The Labute approximate surface area is 371 Å². The molecule has 0 amide bonds. The molecule has 1 radical (unpaired) electrons. The van der Waals surface area contributed by atoms with Crippen molar-refractivity contribution in [3.63, 3.8) is 0 Å². The van der Waals surface area contributed by atoms with Crippen molar-refractivity contribution in [1.82, 2.24) is 19.9 Å². The van der Waals surface area contributed by atoms with Gasteiger partial charge < -0.3 is 9.97 Å². The average Bonchev–Trinajstić information content (AvgIpc) is 3.29. The van der Waals surface area contributed by atoms with Gasteiger partial charge >= 0.3 is 0 Å². The van der Waals surface area contributed by atoms with Gasteiger partial charge in [-0.2, -0.15) is 0 Å². The number of nitrogens with zero attached hydrogens (tertiary/aromatic N) is 4. The van der Waals surface area contributed by atoms with Crippen LogP contribution < -0.4 is 0 Å². The Balaban J connectivity index is 0.000000226. The van der Waals surface area contributed by atoms with E-state index in [2.05, 4.69) is 158 Å². The quantitative estimate of drug-likeness (QED) is 0.123. The zero-order chi connectivity index (χ0) is 41.0. The molecule has 0 aliphatic rings. The van der Waals surface area contributed by atoms with Crippen LogP contribution in [0.1, 0.15) is 22.5 Å². The number of aryl methyl sites for hydroxylation is 4. The fraction of sp³-hybridized carbons (Fsp3) is 0.0714. The molecule has 0 saturated carbocycles. The van der Waals surface area contributed by atoms with E-state index in [1.54, 1.807) is 0 Å². The molecule has 0 bridgehead atoms. The number of rotatable bonds is 6. The molecule has 10 rings (SSSR count). The topological polar surface area (TPSA) is 51.6 Å². The van der Waals surface area contributed by atoms with E-state index in [9.17, 15) is 0 Å². The fourth-order valence-corrected chi connectivity index (χ4v) is 8.00. The van der Waals surface area contributed by atoms with Crippen LogP contribution in [0, 0.1) is 39.8 Å². The molecule has 10 aromatic rings. The molecule has 0 fully saturated rings. The van der Waals surface area contributed by atoms with Crippen LogP contribution in [0.3, 0.4) is 0 Å². The van der Waals surface area contributed by atoms with Crippen LogP contribution in [-0.4, -0.2) is 19.9 Å². The third-order valence-electron chi connectivity index (χ3n) is 10.8. The molecule has 0 spiro atoms. The smallest absolute Gasteiger partial charge is 0.0714 e. The number of hydrogen-bond donors (Lipinski definition) is 0. The summed E-state index contributed by atoms with van der Waals surface area (Å²) >= 11 is 0. The van der Waals surface area contributed by atoms with Crippen molar-refractivity contribution in [3.05, 3.63) is 217 Å². The van der Waals surface area contributed by atoms with Crippen molar-refractivity contribution < 1.29 is 20.1 Å². The van der Waals surface area contributed by atoms with Gasteiger partial charge in [-0.05, 0) is 125 Å². The molecule has 5 heteroatoms. The predicted molar refractivity (Wildman–Crippen MR) is 248 cm³/mol. The van der Waals surface area contributed by atoms with Crippen LogP contribution in [-0.2, 0) is 20.1 Å². The summed E-state index contributed by atoms with van der Waals surface area (Å²) in [5.74, 6) is 0. The second kappa shape index (κ2) is 18.1. The summed E-state index contributed by atoms with van der Waals surface area (Å²) in [4.78, 5) is 18.4. The normalized spacial score (nSPS) is 10.8. The van der Waals surface area contributed by atoms with Crippen molar-refractivity contribution in [2.24, 2.45) is 0 Å². The first-order valence-electron chi connectivity index (χ1n) is 20.2. The first kappa shape index (κ1) is 40.9. The molecular weight excluding hydrogens is 921 g/mol. The average molecular weight is 963 g/mol. The van der Waals surface area contributed by atoms with E-state index in [1.165, 1.54) is 44.0 Å². The van der Waals surface area contributed by atoms with E-state index in [-0.39, 0.29) is 20.1 Å². The predicted octanol–water partition coefficient (Wildman–Crippen LogP) is 14.1. The summed E-state index contributed by atoms with van der Waals surface area (Å²) in [7, 11) is 0. The Kier molecular flexibility index (Phi) is 12.2. The summed E-state index contributed by atoms with van der Waals surface area (Å²) in [6.45, 7) is 8.36. The van der Waals surface area contributed by atoms with E-state index in [4.69, 9.17) is 4.98 Å². The summed E-state index contributed by atoms with van der Waals surface area (Å²) < 4.78 is 0. The van der Waals surface area contributed by atoms with Crippen LogP contribution in [0.2, 0.25) is 0 Å². The van der Waals surface area contributed by atoms with Gasteiger partial charge in [0.25, 0.3) is 0 Å². The molecule has 0 saturated heterocycles. The van der Waals surface area contributed by atoms with E-state index >= 15 is 0 Å². The van der Waals surface area contributed by atoms with Crippen LogP contribution in [0.4, 0.5) is 0 Å². The number of fused-ring (bicyclic) bond motifs is 3. The molecule has 6 aromatic carbocycles. The molecule has 0 aliphatic carbocycles. The monoisotopic (exact) mass is 963 g/mol. The number of benzene rings is 6. The van der Waals surface area contributed by atoms with Gasteiger partial charge in [-0.1, -0.05) is 108 Å². The summed E-state index contributed by atoms with van der Waals surface area (Å²) in [6.07, 6.45) is 5.55. The first-order valence-corrected chi connectivity index (χ1v) is 20.2. The molecule has 0 N–H and O–H groups in total. The van der Waals surface area contributed by atoms with Gasteiger partial charge in [0.15, 0.2) is 0 Å². The second-order valence-corrected chi connectivity index (χ2v) is 15.2. The number of hydrogen-bond acceptors (Lipinski definition) is 4. The largest absolute Gasteiger partial charge is 0.305 e. The fourth-order valence-electron chi connectivity index (χ4n) is 8.00. The number of pyridine rings is 4.